The zero-order valence-corrected chi connectivity index (χ0v) is 32.9. The van der Waals surface area contributed by atoms with E-state index in [0.717, 1.165) is 0 Å². The van der Waals surface area contributed by atoms with Crippen molar-refractivity contribution in [2.24, 2.45) is 17.4 Å². The van der Waals surface area contributed by atoms with Crippen molar-refractivity contribution in [3.05, 3.63) is 29.8 Å². The quantitative estimate of drug-likeness (QED) is 0.0408. The summed E-state index contributed by atoms with van der Waals surface area (Å²) in [5.74, 6) is -9.69. The molecule has 6 atom stereocenters. The Balaban J connectivity index is 2.25. The molecule has 0 radical (unpaired) electrons. The Bertz CT molecular complexity index is 1690. The Morgan fingerprint density at radius 2 is 1.39 bits per heavy atom. The van der Waals surface area contributed by atoms with Crippen LogP contribution in [-0.4, -0.2) is 124 Å². The van der Waals surface area contributed by atoms with Gasteiger partial charge in [-0.3, -0.25) is 43.2 Å². The molecular weight excluding hydrogens is 778 g/mol. The van der Waals surface area contributed by atoms with Gasteiger partial charge in [0.15, 0.2) is 0 Å². The molecule has 0 aromatic heterocycles. The molecule has 8 amide bonds. The summed E-state index contributed by atoms with van der Waals surface area (Å²) in [4.78, 5) is 126. The second-order valence-corrected chi connectivity index (χ2v) is 14.5. The molecule has 22 nitrogen and oxygen atoms in total. The smallest absolute Gasteiger partial charge is 0.326 e. The van der Waals surface area contributed by atoms with Crippen LogP contribution in [0.1, 0.15) is 77.2 Å². The maximum absolute atomic E-state index is 13.8. The van der Waals surface area contributed by atoms with Gasteiger partial charge in [-0.15, -0.1) is 0 Å². The molecule has 1 aromatic carbocycles. The third-order valence-electron chi connectivity index (χ3n) is 8.98. The largest absolute Gasteiger partial charge is 0.508 e. The number of aromatic hydroxyl groups is 1. The summed E-state index contributed by atoms with van der Waals surface area (Å²) in [5.41, 5.74) is 11.2. The first-order valence-electron chi connectivity index (χ1n) is 19.1. The van der Waals surface area contributed by atoms with Crippen molar-refractivity contribution in [2.45, 2.75) is 114 Å². The Morgan fingerprint density at radius 3 is 1.95 bits per heavy atom. The van der Waals surface area contributed by atoms with E-state index in [2.05, 4.69) is 37.2 Å². The molecule has 0 aliphatic carbocycles. The number of rotatable bonds is 26. The fourth-order valence-electron chi connectivity index (χ4n) is 5.91. The van der Waals surface area contributed by atoms with Crippen LogP contribution in [0.25, 0.3) is 0 Å². The van der Waals surface area contributed by atoms with E-state index in [1.165, 1.54) is 24.3 Å². The predicted molar refractivity (Wildman–Crippen MR) is 206 cm³/mol. The van der Waals surface area contributed by atoms with Gasteiger partial charge in [-0.1, -0.05) is 26.0 Å². The Kier molecular flexibility index (Phi) is 20.2. The number of phenolic OH excluding ortho intramolecular Hbond substituents is 1. The number of hydrogen-bond acceptors (Lipinski definition) is 12. The van der Waals surface area contributed by atoms with Crippen LogP contribution in [0, 0.1) is 5.92 Å². The van der Waals surface area contributed by atoms with Gasteiger partial charge in [-0.25, -0.2) is 4.79 Å². The van der Waals surface area contributed by atoms with Gasteiger partial charge >= 0.3 is 11.9 Å². The predicted octanol–water partition coefficient (Wildman–Crippen LogP) is -3.25. The Hall–Kier alpha value is -6.32. The van der Waals surface area contributed by atoms with Crippen LogP contribution >= 0.6 is 0 Å². The molecule has 0 unspecified atom stereocenters. The van der Waals surface area contributed by atoms with Crippen LogP contribution in [0.3, 0.4) is 0 Å². The maximum Gasteiger partial charge on any atom is 0.326 e. The van der Waals surface area contributed by atoms with Crippen LogP contribution in [-0.2, 0) is 54.4 Å². The number of primary amides is 1. The summed E-state index contributed by atoms with van der Waals surface area (Å²) in [7, 11) is 0. The highest BCUT2D eigenvalue weighted by molar-refractivity contribution is 5.98. The molecule has 2 rings (SSSR count). The van der Waals surface area contributed by atoms with E-state index in [4.69, 9.17) is 11.5 Å². The molecule has 1 aliphatic heterocycles. The summed E-state index contributed by atoms with van der Waals surface area (Å²) in [6.07, 6.45) is -0.639. The number of phenols is 1. The minimum atomic E-state index is -1.61. The number of unbranched alkanes of at least 4 members (excludes halogenated alkanes) is 1. The number of amides is 8. The SMILES string of the molecule is CC(C)C[C@H](NC(=O)[C@H](CCC(=O)O)NC(=O)[C@@H]1CCC(=O)N1)C(=O)N[C@@H](Cc1ccc(O)cc1)C(=O)NCC(=O)N[C@@H](CC(N)=O)C(=O)N[C@@H](CCCCN)C(=O)O. The molecular formula is C37H55N9O13. The summed E-state index contributed by atoms with van der Waals surface area (Å²) < 4.78 is 0. The zero-order valence-electron chi connectivity index (χ0n) is 32.9. The van der Waals surface area contributed by atoms with Crippen molar-refractivity contribution in [1.82, 2.24) is 37.2 Å². The van der Waals surface area contributed by atoms with Crippen molar-refractivity contribution in [3.8, 4) is 5.75 Å². The van der Waals surface area contributed by atoms with E-state index in [-0.39, 0.29) is 56.1 Å². The number of hydrogen-bond donors (Lipinski definition) is 12. The van der Waals surface area contributed by atoms with Gasteiger partial charge < -0.3 is 64.0 Å². The lowest BCUT2D eigenvalue weighted by Crippen LogP contribution is -2.59. The van der Waals surface area contributed by atoms with Crippen LogP contribution in [0.5, 0.6) is 5.75 Å². The molecule has 1 saturated heterocycles. The highest BCUT2D eigenvalue weighted by Crippen LogP contribution is 2.14. The molecule has 0 bridgehead atoms. The molecule has 1 heterocycles. The van der Waals surface area contributed by atoms with Gasteiger partial charge in [0.2, 0.25) is 47.3 Å². The number of nitrogens with two attached hydrogens (primary N) is 2. The van der Waals surface area contributed by atoms with E-state index >= 15 is 0 Å². The first-order valence-corrected chi connectivity index (χ1v) is 19.1. The second kappa shape index (κ2) is 24.5. The number of aliphatic carboxylic acids is 2. The minimum absolute atomic E-state index is 0.0184. The lowest BCUT2D eigenvalue weighted by molar-refractivity contribution is -0.142. The van der Waals surface area contributed by atoms with Crippen LogP contribution in [0.2, 0.25) is 0 Å². The minimum Gasteiger partial charge on any atom is -0.508 e. The molecule has 1 aliphatic rings. The number of carbonyl (C=O) groups is 10. The van der Waals surface area contributed by atoms with Crippen molar-refractivity contribution >= 4 is 59.2 Å². The average molecular weight is 834 g/mol. The molecule has 0 saturated carbocycles. The number of carboxylic acid groups (broad SMARTS) is 2. The highest BCUT2D eigenvalue weighted by Gasteiger charge is 2.34. The monoisotopic (exact) mass is 833 g/mol. The molecule has 22 heteroatoms. The van der Waals surface area contributed by atoms with Gasteiger partial charge in [0.1, 0.15) is 42.0 Å². The summed E-state index contributed by atoms with van der Waals surface area (Å²) in [6, 6.07) is -2.46. The second-order valence-electron chi connectivity index (χ2n) is 14.5. The third kappa shape index (κ3) is 18.2. The van der Waals surface area contributed by atoms with E-state index in [1.807, 2.05) is 0 Å². The van der Waals surface area contributed by atoms with Crippen molar-refractivity contribution in [3.63, 3.8) is 0 Å². The number of nitrogens with one attached hydrogen (secondary N) is 7. The van der Waals surface area contributed by atoms with Crippen LogP contribution < -0.4 is 48.7 Å². The van der Waals surface area contributed by atoms with Gasteiger partial charge in [0, 0.05) is 19.3 Å². The highest BCUT2D eigenvalue weighted by atomic mass is 16.4. The summed E-state index contributed by atoms with van der Waals surface area (Å²) in [6.45, 7) is 2.99. The van der Waals surface area contributed by atoms with Crippen molar-refractivity contribution < 1.29 is 63.3 Å². The molecule has 59 heavy (non-hydrogen) atoms. The van der Waals surface area contributed by atoms with Crippen molar-refractivity contribution in [2.75, 3.05) is 13.1 Å². The van der Waals surface area contributed by atoms with E-state index < -0.39 is 109 Å². The Labute approximate surface area is 339 Å². The van der Waals surface area contributed by atoms with E-state index in [0.29, 0.717) is 24.9 Å². The van der Waals surface area contributed by atoms with Gasteiger partial charge in [0.05, 0.1) is 13.0 Å². The normalized spacial score (nSPS) is 15.9. The fourth-order valence-corrected chi connectivity index (χ4v) is 5.91. The molecule has 14 N–H and O–H groups in total. The van der Waals surface area contributed by atoms with E-state index in [1.54, 1.807) is 13.8 Å². The van der Waals surface area contributed by atoms with Gasteiger partial charge in [-0.05, 0) is 68.7 Å². The Morgan fingerprint density at radius 1 is 0.780 bits per heavy atom. The molecule has 1 fully saturated rings. The van der Waals surface area contributed by atoms with Gasteiger partial charge in [0.25, 0.3) is 0 Å². The molecule has 326 valence electrons. The molecule has 0 spiro atoms. The van der Waals surface area contributed by atoms with Gasteiger partial charge in [-0.2, -0.15) is 0 Å². The first kappa shape index (κ1) is 48.8. The van der Waals surface area contributed by atoms with Crippen LogP contribution in [0.15, 0.2) is 24.3 Å². The lowest BCUT2D eigenvalue weighted by atomic mass is 10.00. The van der Waals surface area contributed by atoms with Crippen molar-refractivity contribution in [1.29, 1.82) is 0 Å². The summed E-state index contributed by atoms with van der Waals surface area (Å²) >= 11 is 0. The zero-order chi connectivity index (χ0) is 44.2. The number of benzene rings is 1. The fraction of sp³-hybridized carbons (Fsp3) is 0.568. The standard InChI is InChI=1S/C37H55N9O13/c1-19(2)15-25(45-34(55)23(11-13-31(51)52)43-33(54)22-10-12-29(49)41-22)35(56)46-26(16-20-6-8-21(47)9-7-20)32(53)40-18-30(50)42-27(17-28(39)48)36(57)44-24(37(58)59)5-3-4-14-38/h6-9,19,22-27,47H,3-5,10-18,38H2,1-2H3,(H2,39,48)(H,40,53)(H,41,49)(H,42,50)(H,43,54)(H,44,57)(H,45,55)(H,46,56)(H,51,52)(H,58,59)/t22-,23-,24-,25-,26-,27-/m0/s1. The maximum atomic E-state index is 13.8. The van der Waals surface area contributed by atoms with E-state index in [9.17, 15) is 63.3 Å². The molecule has 1 aromatic rings. The topological polar surface area (TPSA) is 368 Å². The number of carboxylic acids is 2. The third-order valence-corrected chi connectivity index (χ3v) is 8.98. The number of carbonyl (C=O) groups excluding carboxylic acids is 8. The first-order chi connectivity index (χ1) is 27.8. The average Bonchev–Trinajstić information content (AvgIpc) is 3.60. The lowest BCUT2D eigenvalue weighted by Gasteiger charge is -2.27. The van der Waals surface area contributed by atoms with Crippen LogP contribution in [0.4, 0.5) is 0 Å². The summed E-state index contributed by atoms with van der Waals surface area (Å²) in [5, 5.41) is 45.4.